The van der Waals surface area contributed by atoms with E-state index in [1.807, 2.05) is 36.6 Å². The van der Waals surface area contributed by atoms with E-state index in [2.05, 4.69) is 0 Å². The van der Waals surface area contributed by atoms with Crippen LogP contribution >= 0.6 is 11.8 Å². The smallest absolute Gasteiger partial charge is 0.339 e. The molecular formula is C18H19NO3S. The maximum Gasteiger partial charge on any atom is 0.339 e. The molecule has 0 aliphatic rings. The molecule has 0 N–H and O–H groups in total. The number of esters is 1. The number of benzene rings is 2. The van der Waals surface area contributed by atoms with Gasteiger partial charge in [-0.3, -0.25) is 4.79 Å². The zero-order valence-corrected chi connectivity index (χ0v) is 14.2. The van der Waals surface area contributed by atoms with E-state index >= 15 is 0 Å². The third kappa shape index (κ3) is 4.36. The summed E-state index contributed by atoms with van der Waals surface area (Å²) < 4.78 is 5.48. The van der Waals surface area contributed by atoms with E-state index in [0.29, 0.717) is 11.1 Å². The van der Waals surface area contributed by atoms with Crippen molar-refractivity contribution in [2.24, 2.45) is 0 Å². The highest BCUT2D eigenvalue weighted by molar-refractivity contribution is 7.98. The molecule has 1 amide bonds. The molecule has 0 heterocycles. The van der Waals surface area contributed by atoms with Gasteiger partial charge >= 0.3 is 5.97 Å². The lowest BCUT2D eigenvalue weighted by Gasteiger charge is -2.21. The van der Waals surface area contributed by atoms with Crippen molar-refractivity contribution < 1.29 is 14.3 Å². The van der Waals surface area contributed by atoms with Crippen LogP contribution in [0.3, 0.4) is 0 Å². The summed E-state index contributed by atoms with van der Waals surface area (Å²) in [4.78, 5) is 27.2. The number of likely N-dealkylation sites (N-methyl/N-ethyl adjacent to an activating group) is 1. The third-order valence-electron chi connectivity index (χ3n) is 3.32. The van der Waals surface area contributed by atoms with Crippen molar-refractivity contribution in [1.29, 1.82) is 0 Å². The molecule has 5 heteroatoms. The SMILES string of the molecule is CSc1ccc(C(=O)O[C@H](C(=O)N(C)C)c2ccccc2)cc1. The van der Waals surface area contributed by atoms with Crippen LogP contribution in [0, 0.1) is 0 Å². The first-order chi connectivity index (χ1) is 11.0. The van der Waals surface area contributed by atoms with Crippen LogP contribution in [0.1, 0.15) is 22.0 Å². The Morgan fingerprint density at radius 3 is 2.13 bits per heavy atom. The summed E-state index contributed by atoms with van der Waals surface area (Å²) in [6.45, 7) is 0. The third-order valence-corrected chi connectivity index (χ3v) is 4.06. The Morgan fingerprint density at radius 1 is 1.00 bits per heavy atom. The molecule has 0 bridgehead atoms. The van der Waals surface area contributed by atoms with Crippen LogP contribution in [0.2, 0.25) is 0 Å². The van der Waals surface area contributed by atoms with Crippen LogP contribution in [0.25, 0.3) is 0 Å². The molecule has 0 fully saturated rings. The van der Waals surface area contributed by atoms with Gasteiger partial charge in [0.05, 0.1) is 5.56 Å². The van der Waals surface area contributed by atoms with Gasteiger partial charge in [0, 0.05) is 24.6 Å². The maximum absolute atomic E-state index is 12.4. The minimum atomic E-state index is -0.945. The molecule has 120 valence electrons. The van der Waals surface area contributed by atoms with Gasteiger partial charge in [-0.25, -0.2) is 4.79 Å². The van der Waals surface area contributed by atoms with Crippen LogP contribution in [0.15, 0.2) is 59.5 Å². The van der Waals surface area contributed by atoms with Crippen LogP contribution in [-0.4, -0.2) is 37.1 Å². The molecule has 4 nitrogen and oxygen atoms in total. The predicted octanol–water partition coefficient (Wildman–Crippen LogP) is 3.39. The number of thioether (sulfide) groups is 1. The first kappa shape index (κ1) is 17.1. The molecule has 0 spiro atoms. The summed E-state index contributed by atoms with van der Waals surface area (Å²) >= 11 is 1.60. The fourth-order valence-corrected chi connectivity index (χ4v) is 2.43. The molecular weight excluding hydrogens is 310 g/mol. The molecule has 1 atom stereocenters. The van der Waals surface area contributed by atoms with Gasteiger partial charge in [-0.05, 0) is 30.5 Å². The second-order valence-corrected chi connectivity index (χ2v) is 6.04. The molecule has 0 aliphatic heterocycles. The minimum Gasteiger partial charge on any atom is -0.444 e. The average molecular weight is 329 g/mol. The van der Waals surface area contributed by atoms with E-state index in [4.69, 9.17) is 4.74 Å². The van der Waals surface area contributed by atoms with Gasteiger partial charge in [0.15, 0.2) is 0 Å². The van der Waals surface area contributed by atoms with E-state index in [-0.39, 0.29) is 5.91 Å². The zero-order chi connectivity index (χ0) is 16.8. The number of ether oxygens (including phenoxy) is 1. The maximum atomic E-state index is 12.4. The number of amides is 1. The first-order valence-corrected chi connectivity index (χ1v) is 8.36. The molecule has 0 aromatic heterocycles. The number of nitrogens with zero attached hydrogens (tertiary/aromatic N) is 1. The lowest BCUT2D eigenvalue weighted by atomic mass is 10.1. The van der Waals surface area contributed by atoms with Crippen LogP contribution in [0.5, 0.6) is 0 Å². The van der Waals surface area contributed by atoms with Crippen LogP contribution < -0.4 is 0 Å². The van der Waals surface area contributed by atoms with Gasteiger partial charge in [-0.1, -0.05) is 30.3 Å². The highest BCUT2D eigenvalue weighted by Gasteiger charge is 2.26. The first-order valence-electron chi connectivity index (χ1n) is 7.14. The second kappa shape index (κ2) is 7.83. The van der Waals surface area contributed by atoms with E-state index in [1.165, 1.54) is 4.90 Å². The number of carbonyl (C=O) groups excluding carboxylic acids is 2. The number of hydrogen-bond donors (Lipinski definition) is 0. The standard InChI is InChI=1S/C18H19NO3S/c1-19(2)17(20)16(13-7-5-4-6-8-13)22-18(21)14-9-11-15(23-3)12-10-14/h4-12,16H,1-3H3/t16-/m0/s1. The van der Waals surface area contributed by atoms with Crippen LogP contribution in [0.4, 0.5) is 0 Å². The monoisotopic (exact) mass is 329 g/mol. The molecule has 23 heavy (non-hydrogen) atoms. The summed E-state index contributed by atoms with van der Waals surface area (Å²) in [5, 5.41) is 0. The summed E-state index contributed by atoms with van der Waals surface area (Å²) in [5.41, 5.74) is 1.08. The molecule has 0 aliphatic carbocycles. The Labute approximate surface area is 140 Å². The highest BCUT2D eigenvalue weighted by atomic mass is 32.2. The molecule has 0 unspecified atom stereocenters. The topological polar surface area (TPSA) is 46.6 Å². The normalized spacial score (nSPS) is 11.6. The van der Waals surface area contributed by atoms with E-state index in [9.17, 15) is 9.59 Å². The zero-order valence-electron chi connectivity index (χ0n) is 13.4. The number of carbonyl (C=O) groups is 2. The lowest BCUT2D eigenvalue weighted by molar-refractivity contribution is -0.138. The summed E-state index contributed by atoms with van der Waals surface area (Å²) in [5.74, 6) is -0.785. The van der Waals surface area contributed by atoms with Crippen molar-refractivity contribution in [3.8, 4) is 0 Å². The van der Waals surface area contributed by atoms with Crippen molar-refractivity contribution in [3.05, 3.63) is 65.7 Å². The van der Waals surface area contributed by atoms with E-state index in [0.717, 1.165) is 4.90 Å². The number of hydrogen-bond acceptors (Lipinski definition) is 4. The molecule has 2 aromatic rings. The van der Waals surface area contributed by atoms with Gasteiger partial charge in [-0.15, -0.1) is 11.8 Å². The van der Waals surface area contributed by atoms with Gasteiger partial charge < -0.3 is 9.64 Å². The second-order valence-electron chi connectivity index (χ2n) is 5.16. The minimum absolute atomic E-state index is 0.273. The van der Waals surface area contributed by atoms with Crippen molar-refractivity contribution in [3.63, 3.8) is 0 Å². The molecule has 0 saturated heterocycles. The predicted molar refractivity (Wildman–Crippen MR) is 91.5 cm³/mol. The van der Waals surface area contributed by atoms with Crippen LogP contribution in [-0.2, 0) is 9.53 Å². The molecule has 0 radical (unpaired) electrons. The van der Waals surface area contributed by atoms with Gasteiger partial charge in [0.25, 0.3) is 5.91 Å². The fraction of sp³-hybridized carbons (Fsp3) is 0.222. The Hall–Kier alpha value is -2.27. The van der Waals surface area contributed by atoms with Gasteiger partial charge in [-0.2, -0.15) is 0 Å². The Morgan fingerprint density at radius 2 is 1.61 bits per heavy atom. The number of rotatable bonds is 5. The fourth-order valence-electron chi connectivity index (χ4n) is 2.03. The van der Waals surface area contributed by atoms with Crippen molar-refractivity contribution in [2.75, 3.05) is 20.4 Å². The van der Waals surface area contributed by atoms with Gasteiger partial charge in [0.1, 0.15) is 0 Å². The van der Waals surface area contributed by atoms with Crippen molar-refractivity contribution >= 4 is 23.6 Å². The molecule has 2 rings (SSSR count). The quantitative estimate of drug-likeness (QED) is 0.623. The highest BCUT2D eigenvalue weighted by Crippen LogP contribution is 2.22. The van der Waals surface area contributed by atoms with Crippen molar-refractivity contribution in [2.45, 2.75) is 11.0 Å². The summed E-state index contributed by atoms with van der Waals surface area (Å²) in [6, 6.07) is 16.1. The Kier molecular flexibility index (Phi) is 5.82. The summed E-state index contributed by atoms with van der Waals surface area (Å²) in [6.07, 6.45) is 1.02. The molecule has 2 aromatic carbocycles. The largest absolute Gasteiger partial charge is 0.444 e. The summed E-state index contributed by atoms with van der Waals surface area (Å²) in [7, 11) is 3.28. The van der Waals surface area contributed by atoms with E-state index < -0.39 is 12.1 Å². The Balaban J connectivity index is 2.23. The lowest BCUT2D eigenvalue weighted by Crippen LogP contribution is -2.31. The van der Waals surface area contributed by atoms with Crippen molar-refractivity contribution in [1.82, 2.24) is 4.90 Å². The van der Waals surface area contributed by atoms with Gasteiger partial charge in [0.2, 0.25) is 6.10 Å². The van der Waals surface area contributed by atoms with E-state index in [1.54, 1.807) is 50.1 Å². The average Bonchev–Trinajstić information content (AvgIpc) is 2.59. The molecule has 0 saturated carbocycles. The Bertz CT molecular complexity index is 668.